The van der Waals surface area contributed by atoms with Gasteiger partial charge in [-0.25, -0.2) is 0 Å². The molecule has 2 nitrogen and oxygen atoms in total. The summed E-state index contributed by atoms with van der Waals surface area (Å²) in [5.74, 6) is 0. The first-order chi connectivity index (χ1) is 9.31. The highest BCUT2D eigenvalue weighted by Gasteiger charge is 2.26. The van der Waals surface area contributed by atoms with Crippen molar-refractivity contribution in [1.29, 1.82) is 0 Å². The van der Waals surface area contributed by atoms with Crippen molar-refractivity contribution >= 4 is 5.69 Å². The lowest BCUT2D eigenvalue weighted by Gasteiger charge is -2.41. The Morgan fingerprint density at radius 1 is 1.16 bits per heavy atom. The number of rotatable bonds is 3. The lowest BCUT2D eigenvalue weighted by atomic mass is 10.0. The maximum atomic E-state index is 3.68. The molecule has 2 aliphatic rings. The molecule has 1 aliphatic carbocycles. The monoisotopic (exact) mass is 258 g/mol. The second-order valence-electron chi connectivity index (χ2n) is 6.03. The van der Waals surface area contributed by atoms with E-state index in [1.54, 1.807) is 11.1 Å². The fraction of sp³-hybridized carbons (Fsp3) is 0.647. The SMILES string of the molecule is CCC1CN(c2ccc3c(c2)CCC3)C(CC)CN1. The van der Waals surface area contributed by atoms with Crippen LogP contribution in [0.3, 0.4) is 0 Å². The molecule has 2 unspecified atom stereocenters. The van der Waals surface area contributed by atoms with Crippen LogP contribution in [-0.4, -0.2) is 25.2 Å². The summed E-state index contributed by atoms with van der Waals surface area (Å²) in [6, 6.07) is 8.49. The number of anilines is 1. The summed E-state index contributed by atoms with van der Waals surface area (Å²) >= 11 is 0. The van der Waals surface area contributed by atoms with Gasteiger partial charge in [0.2, 0.25) is 0 Å². The maximum absolute atomic E-state index is 3.68. The fourth-order valence-corrected chi connectivity index (χ4v) is 3.56. The first kappa shape index (κ1) is 13.0. The molecule has 104 valence electrons. The van der Waals surface area contributed by atoms with Crippen molar-refractivity contribution in [2.45, 2.75) is 58.0 Å². The van der Waals surface area contributed by atoms with Crippen LogP contribution in [-0.2, 0) is 12.8 Å². The molecule has 0 bridgehead atoms. The van der Waals surface area contributed by atoms with Crippen molar-refractivity contribution < 1.29 is 0 Å². The third-order valence-electron chi connectivity index (χ3n) is 4.88. The minimum Gasteiger partial charge on any atom is -0.366 e. The zero-order chi connectivity index (χ0) is 13.2. The fourth-order valence-electron chi connectivity index (χ4n) is 3.56. The highest BCUT2D eigenvalue weighted by Crippen LogP contribution is 2.29. The molecule has 0 aromatic heterocycles. The molecule has 1 aromatic carbocycles. The molecule has 19 heavy (non-hydrogen) atoms. The summed E-state index contributed by atoms with van der Waals surface area (Å²) in [5, 5.41) is 3.68. The van der Waals surface area contributed by atoms with Gasteiger partial charge in [0.05, 0.1) is 0 Å². The quantitative estimate of drug-likeness (QED) is 0.896. The maximum Gasteiger partial charge on any atom is 0.0412 e. The van der Waals surface area contributed by atoms with Crippen LogP contribution in [0.4, 0.5) is 5.69 Å². The molecule has 0 spiro atoms. The lowest BCUT2D eigenvalue weighted by Crippen LogP contribution is -2.56. The van der Waals surface area contributed by atoms with Crippen LogP contribution in [0.5, 0.6) is 0 Å². The molecule has 1 N–H and O–H groups in total. The van der Waals surface area contributed by atoms with Crippen molar-refractivity contribution in [1.82, 2.24) is 5.32 Å². The Morgan fingerprint density at radius 3 is 2.79 bits per heavy atom. The molecule has 1 saturated heterocycles. The number of piperazine rings is 1. The number of nitrogens with zero attached hydrogens (tertiary/aromatic N) is 1. The van der Waals surface area contributed by atoms with E-state index in [0.29, 0.717) is 12.1 Å². The van der Waals surface area contributed by atoms with Crippen LogP contribution in [0.25, 0.3) is 0 Å². The first-order valence-corrected chi connectivity index (χ1v) is 7.93. The van der Waals surface area contributed by atoms with E-state index in [4.69, 9.17) is 0 Å². The normalized spacial score (nSPS) is 26.5. The minimum atomic E-state index is 0.649. The van der Waals surface area contributed by atoms with E-state index in [2.05, 4.69) is 42.3 Å². The number of fused-ring (bicyclic) bond motifs is 1. The Kier molecular flexibility index (Phi) is 3.79. The van der Waals surface area contributed by atoms with Gasteiger partial charge in [-0.1, -0.05) is 19.9 Å². The van der Waals surface area contributed by atoms with Gasteiger partial charge in [0.1, 0.15) is 0 Å². The highest BCUT2D eigenvalue weighted by atomic mass is 15.2. The molecular weight excluding hydrogens is 232 g/mol. The second-order valence-corrected chi connectivity index (χ2v) is 6.03. The van der Waals surface area contributed by atoms with Crippen LogP contribution in [0.1, 0.15) is 44.2 Å². The summed E-state index contributed by atoms with van der Waals surface area (Å²) in [5.41, 5.74) is 4.63. The van der Waals surface area contributed by atoms with Gasteiger partial charge < -0.3 is 10.2 Å². The Labute approximate surface area is 117 Å². The van der Waals surface area contributed by atoms with Gasteiger partial charge in [0, 0.05) is 30.9 Å². The summed E-state index contributed by atoms with van der Waals surface area (Å²) in [6.45, 7) is 6.88. The van der Waals surface area contributed by atoms with Crippen LogP contribution >= 0.6 is 0 Å². The summed E-state index contributed by atoms with van der Waals surface area (Å²) < 4.78 is 0. The van der Waals surface area contributed by atoms with E-state index in [9.17, 15) is 0 Å². The zero-order valence-corrected chi connectivity index (χ0v) is 12.3. The van der Waals surface area contributed by atoms with Crippen molar-refractivity contribution in [2.24, 2.45) is 0 Å². The van der Waals surface area contributed by atoms with Crippen LogP contribution in [0, 0.1) is 0 Å². The van der Waals surface area contributed by atoms with E-state index in [0.717, 1.165) is 13.1 Å². The van der Waals surface area contributed by atoms with Gasteiger partial charge in [-0.3, -0.25) is 0 Å². The van der Waals surface area contributed by atoms with E-state index in [1.165, 1.54) is 37.8 Å². The largest absolute Gasteiger partial charge is 0.366 e. The Balaban J connectivity index is 1.85. The van der Waals surface area contributed by atoms with Gasteiger partial charge >= 0.3 is 0 Å². The van der Waals surface area contributed by atoms with Crippen LogP contribution < -0.4 is 10.2 Å². The Bertz CT molecular complexity index is 441. The molecule has 2 atom stereocenters. The molecular formula is C17H26N2. The molecule has 2 heteroatoms. The average molecular weight is 258 g/mol. The predicted octanol–water partition coefficient (Wildman–Crippen LogP) is 3.14. The average Bonchev–Trinajstić information content (AvgIpc) is 2.93. The summed E-state index contributed by atoms with van der Waals surface area (Å²) in [6.07, 6.45) is 6.35. The molecule has 0 radical (unpaired) electrons. The summed E-state index contributed by atoms with van der Waals surface area (Å²) in [4.78, 5) is 2.64. The van der Waals surface area contributed by atoms with Crippen LogP contribution in [0.2, 0.25) is 0 Å². The number of hydrogen-bond acceptors (Lipinski definition) is 2. The van der Waals surface area contributed by atoms with E-state index < -0.39 is 0 Å². The number of hydrogen-bond donors (Lipinski definition) is 1. The molecule has 3 rings (SSSR count). The van der Waals surface area contributed by atoms with Gasteiger partial charge in [0.25, 0.3) is 0 Å². The van der Waals surface area contributed by atoms with E-state index >= 15 is 0 Å². The molecule has 1 aromatic rings. The second kappa shape index (κ2) is 5.54. The number of nitrogens with one attached hydrogen (secondary N) is 1. The zero-order valence-electron chi connectivity index (χ0n) is 12.3. The van der Waals surface area contributed by atoms with Crippen LogP contribution in [0.15, 0.2) is 18.2 Å². The van der Waals surface area contributed by atoms with Crippen molar-refractivity contribution in [2.75, 3.05) is 18.0 Å². The molecule has 0 amide bonds. The van der Waals surface area contributed by atoms with Crippen molar-refractivity contribution in [3.63, 3.8) is 0 Å². The third-order valence-corrected chi connectivity index (χ3v) is 4.88. The van der Waals surface area contributed by atoms with E-state index in [1.807, 2.05) is 0 Å². The van der Waals surface area contributed by atoms with Gasteiger partial charge in [-0.15, -0.1) is 0 Å². The topological polar surface area (TPSA) is 15.3 Å². The number of aryl methyl sites for hydroxylation is 2. The van der Waals surface area contributed by atoms with Gasteiger partial charge in [-0.2, -0.15) is 0 Å². The summed E-state index contributed by atoms with van der Waals surface area (Å²) in [7, 11) is 0. The number of benzene rings is 1. The van der Waals surface area contributed by atoms with Gasteiger partial charge in [-0.05, 0) is 55.4 Å². The molecule has 1 heterocycles. The minimum absolute atomic E-state index is 0.649. The molecule has 0 saturated carbocycles. The smallest absolute Gasteiger partial charge is 0.0412 e. The Hall–Kier alpha value is -1.02. The standard InChI is InChI=1S/C17H26N2/c1-3-15-12-19(16(4-2)11-18-15)17-9-8-13-6-5-7-14(13)10-17/h8-10,15-16,18H,3-7,11-12H2,1-2H3. The highest BCUT2D eigenvalue weighted by molar-refractivity contribution is 5.53. The van der Waals surface area contributed by atoms with Crippen molar-refractivity contribution in [3.8, 4) is 0 Å². The third kappa shape index (κ3) is 2.51. The van der Waals surface area contributed by atoms with E-state index in [-0.39, 0.29) is 0 Å². The first-order valence-electron chi connectivity index (χ1n) is 7.93. The molecule has 1 aliphatic heterocycles. The Morgan fingerprint density at radius 2 is 2.00 bits per heavy atom. The predicted molar refractivity (Wildman–Crippen MR) is 82.0 cm³/mol. The van der Waals surface area contributed by atoms with Crippen molar-refractivity contribution in [3.05, 3.63) is 29.3 Å². The lowest BCUT2D eigenvalue weighted by molar-refractivity contribution is 0.379. The molecule has 1 fully saturated rings. The van der Waals surface area contributed by atoms with Gasteiger partial charge in [0.15, 0.2) is 0 Å².